The number of amides is 1. The van der Waals surface area contributed by atoms with Crippen LogP contribution < -0.4 is 10.2 Å². The summed E-state index contributed by atoms with van der Waals surface area (Å²) in [7, 11) is 0. The molecule has 148 valence electrons. The molecule has 0 aliphatic carbocycles. The van der Waals surface area contributed by atoms with Crippen LogP contribution in [0.5, 0.6) is 0 Å². The molecule has 0 aromatic heterocycles. The normalized spacial score (nSPS) is 14.7. The van der Waals surface area contributed by atoms with E-state index in [1.165, 1.54) is 0 Å². The molecule has 1 aliphatic rings. The molecule has 0 atom stereocenters. The van der Waals surface area contributed by atoms with Gasteiger partial charge >= 0.3 is 5.97 Å². The first kappa shape index (κ1) is 19.9. The largest absolute Gasteiger partial charge is 0.478 e. The first-order valence-corrected chi connectivity index (χ1v) is 9.71. The molecule has 1 fully saturated rings. The average molecular weight is 381 g/mol. The van der Waals surface area contributed by atoms with Crippen LogP contribution in [0.1, 0.15) is 39.6 Å². The Morgan fingerprint density at radius 1 is 1.04 bits per heavy atom. The number of aromatic carboxylic acids is 1. The number of nitrogens with zero attached hydrogens (tertiary/aromatic N) is 2. The summed E-state index contributed by atoms with van der Waals surface area (Å²) in [5.74, 6) is -1.35. The Hall–Kier alpha value is -2.86. The predicted octanol–water partition coefficient (Wildman–Crippen LogP) is 3.48. The van der Waals surface area contributed by atoms with Crippen LogP contribution in [-0.2, 0) is 0 Å². The van der Waals surface area contributed by atoms with Crippen molar-refractivity contribution in [1.82, 2.24) is 4.90 Å². The lowest BCUT2D eigenvalue weighted by atomic mass is 10.1. The van der Waals surface area contributed by atoms with Crippen molar-refractivity contribution in [1.29, 1.82) is 0 Å². The maximum atomic E-state index is 12.6. The summed E-state index contributed by atoms with van der Waals surface area (Å²) in [4.78, 5) is 29.0. The van der Waals surface area contributed by atoms with Crippen molar-refractivity contribution < 1.29 is 14.7 Å². The number of nitrogens with one attached hydrogen (secondary N) is 1. The van der Waals surface area contributed by atoms with Crippen LogP contribution in [-0.4, -0.2) is 54.6 Å². The Balaban J connectivity index is 1.78. The lowest BCUT2D eigenvalue weighted by Crippen LogP contribution is -2.46. The first-order valence-electron chi connectivity index (χ1n) is 9.71. The molecule has 0 radical (unpaired) electrons. The van der Waals surface area contributed by atoms with Crippen molar-refractivity contribution in [3.05, 3.63) is 59.2 Å². The number of carbonyl (C=O) groups is 2. The van der Waals surface area contributed by atoms with Crippen LogP contribution in [0.15, 0.2) is 42.5 Å². The molecule has 28 heavy (non-hydrogen) atoms. The number of hydrogen-bond donors (Lipinski definition) is 2. The number of piperazine rings is 1. The monoisotopic (exact) mass is 381 g/mol. The van der Waals surface area contributed by atoms with E-state index in [0.29, 0.717) is 11.3 Å². The fraction of sp³-hybridized carbons (Fsp3) is 0.364. The Bertz CT molecular complexity index is 858. The van der Waals surface area contributed by atoms with Crippen molar-refractivity contribution in [2.24, 2.45) is 0 Å². The van der Waals surface area contributed by atoms with Crippen LogP contribution in [0.25, 0.3) is 0 Å². The van der Waals surface area contributed by atoms with E-state index in [1.807, 2.05) is 25.1 Å². The lowest BCUT2D eigenvalue weighted by molar-refractivity contribution is 0.0698. The molecule has 0 bridgehead atoms. The Morgan fingerprint density at radius 2 is 1.75 bits per heavy atom. The van der Waals surface area contributed by atoms with Gasteiger partial charge in [0.15, 0.2) is 0 Å². The molecule has 2 aromatic rings. The minimum absolute atomic E-state index is 0.107. The number of rotatable bonds is 6. The van der Waals surface area contributed by atoms with E-state index in [9.17, 15) is 14.7 Å². The molecule has 0 spiro atoms. The molecule has 6 nitrogen and oxygen atoms in total. The summed E-state index contributed by atoms with van der Waals surface area (Å²) < 4.78 is 0. The minimum atomic E-state index is -1.05. The zero-order chi connectivity index (χ0) is 20.1. The van der Waals surface area contributed by atoms with Crippen LogP contribution in [0.3, 0.4) is 0 Å². The molecule has 2 N–H and O–H groups in total. The van der Waals surface area contributed by atoms with Gasteiger partial charge in [0, 0.05) is 37.4 Å². The highest BCUT2D eigenvalue weighted by atomic mass is 16.4. The van der Waals surface area contributed by atoms with Gasteiger partial charge in [0.2, 0.25) is 0 Å². The summed E-state index contributed by atoms with van der Waals surface area (Å²) in [5.41, 5.74) is 2.68. The van der Waals surface area contributed by atoms with Crippen molar-refractivity contribution in [3.8, 4) is 0 Å². The van der Waals surface area contributed by atoms with Crippen molar-refractivity contribution >= 4 is 23.3 Å². The zero-order valence-electron chi connectivity index (χ0n) is 16.4. The molecular weight excluding hydrogens is 354 g/mol. The third kappa shape index (κ3) is 4.51. The Labute approximate surface area is 165 Å². The highest BCUT2D eigenvalue weighted by Gasteiger charge is 2.20. The van der Waals surface area contributed by atoms with Crippen LogP contribution in [0.2, 0.25) is 0 Å². The number of hydrogen-bond acceptors (Lipinski definition) is 4. The molecule has 0 saturated carbocycles. The topological polar surface area (TPSA) is 72.9 Å². The number of aryl methyl sites for hydroxylation is 1. The molecule has 1 amide bonds. The molecule has 1 heterocycles. The van der Waals surface area contributed by atoms with Gasteiger partial charge < -0.3 is 15.3 Å². The number of carbonyl (C=O) groups excluding carboxylic acids is 1. The summed E-state index contributed by atoms with van der Waals surface area (Å²) in [6, 6.07) is 12.5. The molecule has 0 unspecified atom stereocenters. The molecule has 1 aliphatic heterocycles. The number of carboxylic acid groups (broad SMARTS) is 1. The highest BCUT2D eigenvalue weighted by Crippen LogP contribution is 2.25. The van der Waals surface area contributed by atoms with Gasteiger partial charge in [-0.15, -0.1) is 0 Å². The van der Waals surface area contributed by atoms with E-state index in [0.717, 1.165) is 50.4 Å². The Morgan fingerprint density at radius 3 is 2.39 bits per heavy atom. The van der Waals surface area contributed by atoms with Gasteiger partial charge in [-0.25, -0.2) is 4.79 Å². The van der Waals surface area contributed by atoms with Crippen molar-refractivity contribution in [2.45, 2.75) is 20.3 Å². The summed E-state index contributed by atoms with van der Waals surface area (Å²) in [6.45, 7) is 8.81. The van der Waals surface area contributed by atoms with Crippen molar-refractivity contribution in [3.63, 3.8) is 0 Å². The van der Waals surface area contributed by atoms with Gasteiger partial charge in [-0.1, -0.05) is 25.1 Å². The molecule has 2 aromatic carbocycles. The molecule has 1 saturated heterocycles. The number of anilines is 2. The van der Waals surface area contributed by atoms with Gasteiger partial charge in [-0.05, 0) is 49.7 Å². The van der Waals surface area contributed by atoms with Gasteiger partial charge in [0.25, 0.3) is 5.91 Å². The first-order chi connectivity index (χ1) is 13.5. The molecular formula is C22H27N3O3. The smallest absolute Gasteiger partial charge is 0.337 e. The zero-order valence-corrected chi connectivity index (χ0v) is 16.4. The SMILES string of the molecule is CCCN1CCN(c2ccc(NC(=O)c3ccccc3C)c(C(=O)O)c2)CC1. The van der Waals surface area contributed by atoms with E-state index >= 15 is 0 Å². The predicted molar refractivity (Wildman–Crippen MR) is 111 cm³/mol. The third-order valence-corrected chi connectivity index (χ3v) is 5.15. The van der Waals surface area contributed by atoms with Crippen molar-refractivity contribution in [2.75, 3.05) is 42.9 Å². The van der Waals surface area contributed by atoms with E-state index in [1.54, 1.807) is 24.3 Å². The summed E-state index contributed by atoms with van der Waals surface area (Å²) in [5, 5.41) is 12.4. The van der Waals surface area contributed by atoms with E-state index < -0.39 is 5.97 Å². The quantitative estimate of drug-likeness (QED) is 0.801. The Kier molecular flexibility index (Phi) is 6.31. The number of carboxylic acids is 1. The van der Waals surface area contributed by atoms with Gasteiger partial charge in [-0.2, -0.15) is 0 Å². The van der Waals surface area contributed by atoms with E-state index in [4.69, 9.17) is 0 Å². The maximum Gasteiger partial charge on any atom is 0.337 e. The second-order valence-electron chi connectivity index (χ2n) is 7.13. The van der Waals surface area contributed by atoms with E-state index in [-0.39, 0.29) is 11.5 Å². The van der Waals surface area contributed by atoms with Crippen LogP contribution in [0, 0.1) is 6.92 Å². The lowest BCUT2D eigenvalue weighted by Gasteiger charge is -2.36. The number of benzene rings is 2. The van der Waals surface area contributed by atoms with Gasteiger partial charge in [0.1, 0.15) is 0 Å². The summed E-state index contributed by atoms with van der Waals surface area (Å²) >= 11 is 0. The molecule has 6 heteroatoms. The summed E-state index contributed by atoms with van der Waals surface area (Å²) in [6.07, 6.45) is 1.14. The minimum Gasteiger partial charge on any atom is -0.478 e. The fourth-order valence-electron chi connectivity index (χ4n) is 3.58. The van der Waals surface area contributed by atoms with E-state index in [2.05, 4.69) is 22.0 Å². The standard InChI is InChI=1S/C22H27N3O3/c1-3-10-24-11-13-25(14-12-24)17-8-9-20(19(15-17)22(27)28)23-21(26)18-7-5-4-6-16(18)2/h4-9,15H,3,10-14H2,1-2H3,(H,23,26)(H,27,28). The average Bonchev–Trinajstić information content (AvgIpc) is 2.69. The van der Waals surface area contributed by atoms with Gasteiger partial charge in [0.05, 0.1) is 11.3 Å². The maximum absolute atomic E-state index is 12.6. The third-order valence-electron chi connectivity index (χ3n) is 5.15. The van der Waals surface area contributed by atoms with Gasteiger partial charge in [-0.3, -0.25) is 9.69 Å². The van der Waals surface area contributed by atoms with Crippen LogP contribution in [0.4, 0.5) is 11.4 Å². The molecule has 3 rings (SSSR count). The second-order valence-corrected chi connectivity index (χ2v) is 7.13. The highest BCUT2D eigenvalue weighted by molar-refractivity contribution is 6.08. The fourth-order valence-corrected chi connectivity index (χ4v) is 3.58. The second kappa shape index (κ2) is 8.89. The van der Waals surface area contributed by atoms with Crippen LogP contribution >= 0.6 is 0 Å².